The number of hydrogen-bond donors (Lipinski definition) is 0. The van der Waals surface area contributed by atoms with Crippen molar-refractivity contribution in [2.24, 2.45) is 0 Å². The van der Waals surface area contributed by atoms with Crippen LogP contribution < -0.4 is 4.74 Å². The SMILES string of the molecule is C[C@@H]1COCCN1S(=O)(=O)c1ccc2c(c1)CCO2. The maximum Gasteiger partial charge on any atom is 0.243 e. The number of ether oxygens (including phenoxy) is 2. The van der Waals surface area contributed by atoms with E-state index in [-0.39, 0.29) is 6.04 Å². The van der Waals surface area contributed by atoms with Gasteiger partial charge in [-0.2, -0.15) is 4.31 Å². The third-order valence-corrected chi connectivity index (χ3v) is 5.58. The van der Waals surface area contributed by atoms with Crippen molar-refractivity contribution < 1.29 is 17.9 Å². The van der Waals surface area contributed by atoms with E-state index in [2.05, 4.69) is 0 Å². The van der Waals surface area contributed by atoms with Crippen molar-refractivity contribution in [3.05, 3.63) is 23.8 Å². The lowest BCUT2D eigenvalue weighted by Crippen LogP contribution is -2.46. The maximum absolute atomic E-state index is 12.6. The Bertz CT molecular complexity index is 584. The monoisotopic (exact) mass is 283 g/mol. The Balaban J connectivity index is 1.95. The summed E-state index contributed by atoms with van der Waals surface area (Å²) >= 11 is 0. The minimum Gasteiger partial charge on any atom is -0.493 e. The van der Waals surface area contributed by atoms with Crippen LogP contribution in [0.15, 0.2) is 23.1 Å². The summed E-state index contributed by atoms with van der Waals surface area (Å²) in [5.41, 5.74) is 0.974. The van der Waals surface area contributed by atoms with Gasteiger partial charge < -0.3 is 9.47 Å². The summed E-state index contributed by atoms with van der Waals surface area (Å²) in [6, 6.07) is 4.99. The van der Waals surface area contributed by atoms with E-state index in [0.29, 0.717) is 31.3 Å². The van der Waals surface area contributed by atoms with Crippen LogP contribution in [0, 0.1) is 0 Å². The van der Waals surface area contributed by atoms with Gasteiger partial charge in [0, 0.05) is 19.0 Å². The smallest absolute Gasteiger partial charge is 0.243 e. The van der Waals surface area contributed by atoms with Crippen LogP contribution in [-0.2, 0) is 21.2 Å². The molecule has 1 aromatic carbocycles. The molecule has 1 aromatic rings. The molecular formula is C13H17NO4S. The number of sulfonamides is 1. The van der Waals surface area contributed by atoms with Gasteiger partial charge in [0.15, 0.2) is 0 Å². The molecule has 2 aliphatic rings. The van der Waals surface area contributed by atoms with E-state index in [4.69, 9.17) is 9.47 Å². The summed E-state index contributed by atoms with van der Waals surface area (Å²) in [7, 11) is -3.44. The molecule has 0 radical (unpaired) electrons. The Hall–Kier alpha value is -1.11. The Kier molecular flexibility index (Phi) is 3.24. The highest BCUT2D eigenvalue weighted by molar-refractivity contribution is 7.89. The number of nitrogens with zero attached hydrogens (tertiary/aromatic N) is 1. The van der Waals surface area contributed by atoms with E-state index in [1.807, 2.05) is 6.92 Å². The van der Waals surface area contributed by atoms with Gasteiger partial charge in [0.25, 0.3) is 0 Å². The summed E-state index contributed by atoms with van der Waals surface area (Å²) < 4.78 is 37.5. The molecule has 0 spiro atoms. The first kappa shape index (κ1) is 12.9. The largest absolute Gasteiger partial charge is 0.493 e. The molecule has 3 rings (SSSR count). The van der Waals surface area contributed by atoms with Gasteiger partial charge in [-0.05, 0) is 30.7 Å². The Morgan fingerprint density at radius 3 is 2.95 bits per heavy atom. The molecule has 6 heteroatoms. The van der Waals surface area contributed by atoms with E-state index in [0.717, 1.165) is 17.7 Å². The van der Waals surface area contributed by atoms with Gasteiger partial charge in [-0.3, -0.25) is 0 Å². The summed E-state index contributed by atoms with van der Waals surface area (Å²) in [6.07, 6.45) is 0.775. The van der Waals surface area contributed by atoms with E-state index >= 15 is 0 Å². The third-order valence-electron chi connectivity index (χ3n) is 3.57. The molecule has 1 fully saturated rings. The highest BCUT2D eigenvalue weighted by atomic mass is 32.2. The number of benzene rings is 1. The molecule has 104 valence electrons. The van der Waals surface area contributed by atoms with E-state index in [1.54, 1.807) is 18.2 Å². The second-order valence-electron chi connectivity index (χ2n) is 4.91. The van der Waals surface area contributed by atoms with Crippen LogP contribution in [0.5, 0.6) is 5.75 Å². The van der Waals surface area contributed by atoms with Gasteiger partial charge in [0.1, 0.15) is 5.75 Å². The van der Waals surface area contributed by atoms with Crippen molar-refractivity contribution in [3.8, 4) is 5.75 Å². The molecule has 0 unspecified atom stereocenters. The summed E-state index contributed by atoms with van der Waals surface area (Å²) in [6.45, 7) is 3.82. The van der Waals surface area contributed by atoms with Crippen LogP contribution in [0.3, 0.4) is 0 Å². The molecule has 2 aliphatic heterocycles. The first-order valence-corrected chi connectivity index (χ1v) is 7.88. The predicted octanol–water partition coefficient (Wildman–Crippen LogP) is 1.03. The molecule has 0 N–H and O–H groups in total. The van der Waals surface area contributed by atoms with Crippen molar-refractivity contribution in [2.75, 3.05) is 26.4 Å². The number of morpholine rings is 1. The van der Waals surface area contributed by atoms with E-state index in [1.165, 1.54) is 4.31 Å². The standard InChI is InChI=1S/C13H17NO4S/c1-10-9-17-7-5-14(10)19(15,16)12-2-3-13-11(8-12)4-6-18-13/h2-3,8,10H,4-7,9H2,1H3/t10-/m1/s1. The fourth-order valence-electron chi connectivity index (χ4n) is 2.53. The van der Waals surface area contributed by atoms with E-state index < -0.39 is 10.0 Å². The molecule has 1 atom stereocenters. The van der Waals surface area contributed by atoms with Crippen LogP contribution in [0.1, 0.15) is 12.5 Å². The molecule has 0 amide bonds. The van der Waals surface area contributed by atoms with Crippen LogP contribution in [0.25, 0.3) is 0 Å². The Morgan fingerprint density at radius 2 is 2.16 bits per heavy atom. The Morgan fingerprint density at radius 1 is 1.32 bits per heavy atom. The average molecular weight is 283 g/mol. The number of hydrogen-bond acceptors (Lipinski definition) is 4. The highest BCUT2D eigenvalue weighted by Gasteiger charge is 2.32. The molecule has 0 aromatic heterocycles. The fraction of sp³-hybridized carbons (Fsp3) is 0.538. The molecule has 1 saturated heterocycles. The third kappa shape index (κ3) is 2.24. The quantitative estimate of drug-likeness (QED) is 0.813. The van der Waals surface area contributed by atoms with Crippen molar-refractivity contribution in [2.45, 2.75) is 24.3 Å². The lowest BCUT2D eigenvalue weighted by Gasteiger charge is -2.32. The number of rotatable bonds is 2. The van der Waals surface area contributed by atoms with Crippen molar-refractivity contribution in [1.82, 2.24) is 4.31 Å². The average Bonchev–Trinajstić information content (AvgIpc) is 2.86. The molecule has 5 nitrogen and oxygen atoms in total. The summed E-state index contributed by atoms with van der Waals surface area (Å²) in [5, 5.41) is 0. The molecule has 2 heterocycles. The van der Waals surface area contributed by atoms with Gasteiger partial charge in [0.05, 0.1) is 24.7 Å². The molecule has 0 saturated carbocycles. The first-order chi connectivity index (χ1) is 9.09. The molecular weight excluding hydrogens is 266 g/mol. The molecule has 0 aliphatic carbocycles. The van der Waals surface area contributed by atoms with Crippen molar-refractivity contribution in [1.29, 1.82) is 0 Å². The van der Waals surface area contributed by atoms with Gasteiger partial charge >= 0.3 is 0 Å². The second-order valence-corrected chi connectivity index (χ2v) is 6.80. The fourth-order valence-corrected chi connectivity index (χ4v) is 4.18. The lowest BCUT2D eigenvalue weighted by atomic mass is 10.2. The topological polar surface area (TPSA) is 55.8 Å². The molecule has 0 bridgehead atoms. The minimum atomic E-state index is -3.44. The van der Waals surface area contributed by atoms with Gasteiger partial charge in [0.2, 0.25) is 10.0 Å². The summed E-state index contributed by atoms with van der Waals surface area (Å²) in [5.74, 6) is 0.800. The predicted molar refractivity (Wildman–Crippen MR) is 69.8 cm³/mol. The van der Waals surface area contributed by atoms with Crippen LogP contribution in [0.4, 0.5) is 0 Å². The highest BCUT2D eigenvalue weighted by Crippen LogP contribution is 2.29. The van der Waals surface area contributed by atoms with Gasteiger partial charge in [-0.15, -0.1) is 0 Å². The van der Waals surface area contributed by atoms with Crippen LogP contribution in [0.2, 0.25) is 0 Å². The zero-order valence-electron chi connectivity index (χ0n) is 10.8. The van der Waals surface area contributed by atoms with Gasteiger partial charge in [-0.25, -0.2) is 8.42 Å². The summed E-state index contributed by atoms with van der Waals surface area (Å²) in [4.78, 5) is 0.352. The van der Waals surface area contributed by atoms with Crippen LogP contribution >= 0.6 is 0 Å². The Labute approximate surface area is 113 Å². The maximum atomic E-state index is 12.6. The van der Waals surface area contributed by atoms with Crippen molar-refractivity contribution in [3.63, 3.8) is 0 Å². The zero-order chi connectivity index (χ0) is 13.5. The van der Waals surface area contributed by atoms with E-state index in [9.17, 15) is 8.42 Å². The lowest BCUT2D eigenvalue weighted by molar-refractivity contribution is 0.0393. The first-order valence-electron chi connectivity index (χ1n) is 6.44. The minimum absolute atomic E-state index is 0.122. The van der Waals surface area contributed by atoms with Gasteiger partial charge in [-0.1, -0.05) is 0 Å². The second kappa shape index (κ2) is 4.77. The zero-order valence-corrected chi connectivity index (χ0v) is 11.6. The molecule has 19 heavy (non-hydrogen) atoms. The normalized spacial score (nSPS) is 23.9. The van der Waals surface area contributed by atoms with Crippen molar-refractivity contribution >= 4 is 10.0 Å². The van der Waals surface area contributed by atoms with Crippen LogP contribution in [-0.4, -0.2) is 45.1 Å². The number of fused-ring (bicyclic) bond motifs is 1.